The molecule has 0 spiro atoms. The van der Waals surface area contributed by atoms with E-state index in [9.17, 15) is 33.9 Å². The van der Waals surface area contributed by atoms with Gasteiger partial charge in [0.2, 0.25) is 11.8 Å². The van der Waals surface area contributed by atoms with Gasteiger partial charge in [-0.3, -0.25) is 43.9 Å². The number of piperidine rings is 3. The number of carbonyl (C=O) groups excluding carboxylic acids is 6. The SMILES string of the molecule is C[C@H]1CN(C2CCN(c3ccc4c(c3)C(=O)N(C3CCC(=O)NC3=O)C4=O)CC2)CCN1c1ccc(Nc2cc(N3CCC[C@H](N4CCn5c(cc6c5CC(C)(C)C6)C4=O)[C@H]3C(C)(C)O)cnc2C(N)=O)nc1. The second-order valence-corrected chi connectivity index (χ2v) is 22.6. The predicted octanol–water partition coefficient (Wildman–Crippen LogP) is 4.09. The number of nitrogens with two attached hydrogens (primary N) is 1. The Kier molecular flexibility index (Phi) is 12.1. The fraction of sp³-hybridized carbons (Fsp3) is 0.519. The molecule has 9 heterocycles. The van der Waals surface area contributed by atoms with Crippen LogP contribution in [0.1, 0.15) is 126 Å². The maximum atomic E-state index is 14.3. The smallest absolute Gasteiger partial charge is 0.270 e. The van der Waals surface area contributed by atoms with Crippen molar-refractivity contribution in [2.24, 2.45) is 11.1 Å². The lowest BCUT2D eigenvalue weighted by molar-refractivity contribution is -0.136. The second kappa shape index (κ2) is 18.3. The van der Waals surface area contributed by atoms with E-state index in [1.54, 1.807) is 32.2 Å². The van der Waals surface area contributed by atoms with Crippen molar-refractivity contribution < 1.29 is 33.9 Å². The number of fused-ring (bicyclic) bond motifs is 4. The highest BCUT2D eigenvalue weighted by Gasteiger charge is 2.48. The fourth-order valence-electron chi connectivity index (χ4n) is 13.2. The molecular weight excluding hydrogens is 929 g/mol. The van der Waals surface area contributed by atoms with Crippen LogP contribution in [-0.2, 0) is 29.0 Å². The number of amides is 6. The van der Waals surface area contributed by atoms with Crippen LogP contribution in [0.15, 0.2) is 54.9 Å². The molecule has 3 aromatic heterocycles. The van der Waals surface area contributed by atoms with Crippen LogP contribution in [0.4, 0.5) is 28.6 Å². The molecule has 7 aliphatic rings. The highest BCUT2D eigenvalue weighted by molar-refractivity contribution is 6.23. The molecule has 19 heteroatoms. The van der Waals surface area contributed by atoms with Gasteiger partial charge in [-0.25, -0.2) is 9.97 Å². The number of benzene rings is 1. The minimum atomic E-state index is -1.20. The third kappa shape index (κ3) is 8.76. The first-order valence-electron chi connectivity index (χ1n) is 26.0. The van der Waals surface area contributed by atoms with E-state index < -0.39 is 47.2 Å². The summed E-state index contributed by atoms with van der Waals surface area (Å²) in [6.45, 7) is 16.4. The summed E-state index contributed by atoms with van der Waals surface area (Å²) in [4.78, 5) is 99.8. The first-order chi connectivity index (χ1) is 34.8. The van der Waals surface area contributed by atoms with Gasteiger partial charge in [-0.15, -0.1) is 0 Å². The average molecular weight is 995 g/mol. The van der Waals surface area contributed by atoms with Gasteiger partial charge >= 0.3 is 0 Å². The number of aliphatic hydroxyl groups is 1. The summed E-state index contributed by atoms with van der Waals surface area (Å²) in [5.74, 6) is -2.19. The average Bonchev–Trinajstić information content (AvgIpc) is 3.94. The normalized spacial score (nSPS) is 24.7. The van der Waals surface area contributed by atoms with Crippen LogP contribution in [-0.4, -0.2) is 151 Å². The van der Waals surface area contributed by atoms with E-state index in [-0.39, 0.29) is 47.5 Å². The van der Waals surface area contributed by atoms with Gasteiger partial charge in [0.1, 0.15) is 17.6 Å². The molecule has 4 saturated heterocycles. The molecule has 1 unspecified atom stereocenters. The van der Waals surface area contributed by atoms with Gasteiger partial charge in [0.25, 0.3) is 23.6 Å². The Bertz CT molecular complexity index is 2920. The maximum Gasteiger partial charge on any atom is 0.270 e. The van der Waals surface area contributed by atoms with Crippen LogP contribution < -0.4 is 31.1 Å². The minimum absolute atomic E-state index is 0.00555. The first-order valence-corrected chi connectivity index (χ1v) is 26.0. The topological polar surface area (TPSA) is 223 Å². The molecule has 19 nitrogen and oxygen atoms in total. The molecule has 6 aliphatic heterocycles. The summed E-state index contributed by atoms with van der Waals surface area (Å²) in [6.07, 6.45) is 9.01. The van der Waals surface area contributed by atoms with Crippen LogP contribution >= 0.6 is 0 Å². The largest absolute Gasteiger partial charge is 0.388 e. The highest BCUT2D eigenvalue weighted by Crippen LogP contribution is 2.42. The van der Waals surface area contributed by atoms with Crippen molar-refractivity contribution in [3.05, 3.63) is 88.6 Å². The quantitative estimate of drug-likeness (QED) is 0.165. The van der Waals surface area contributed by atoms with Crippen molar-refractivity contribution >= 4 is 64.0 Å². The molecule has 1 aliphatic carbocycles. The molecule has 1 aromatic carbocycles. The number of pyridine rings is 2. The number of piperazine rings is 1. The number of nitrogens with zero attached hydrogens (tertiary/aromatic N) is 9. The third-order valence-electron chi connectivity index (χ3n) is 16.6. The number of imide groups is 2. The molecule has 6 amide bonds. The number of aromatic nitrogens is 3. The van der Waals surface area contributed by atoms with Gasteiger partial charge in [0, 0.05) is 82.2 Å². The lowest BCUT2D eigenvalue weighted by Crippen LogP contribution is -2.65. The van der Waals surface area contributed by atoms with E-state index in [2.05, 4.69) is 66.6 Å². The van der Waals surface area contributed by atoms with Crippen LogP contribution in [0, 0.1) is 5.41 Å². The van der Waals surface area contributed by atoms with Gasteiger partial charge in [0.15, 0.2) is 5.69 Å². The highest BCUT2D eigenvalue weighted by atomic mass is 16.3. The molecule has 384 valence electrons. The lowest BCUT2D eigenvalue weighted by Gasteiger charge is -2.52. The van der Waals surface area contributed by atoms with E-state index in [4.69, 9.17) is 10.7 Å². The molecule has 4 atom stereocenters. The zero-order chi connectivity index (χ0) is 51.2. The van der Waals surface area contributed by atoms with E-state index in [1.165, 1.54) is 11.3 Å². The molecule has 5 N–H and O–H groups in total. The second-order valence-electron chi connectivity index (χ2n) is 22.6. The first kappa shape index (κ1) is 48.4. The Labute approximate surface area is 425 Å². The van der Waals surface area contributed by atoms with Crippen molar-refractivity contribution in [1.82, 2.24) is 34.6 Å². The lowest BCUT2D eigenvalue weighted by atomic mass is 9.83. The van der Waals surface area contributed by atoms with Gasteiger partial charge in [-0.2, -0.15) is 0 Å². The van der Waals surface area contributed by atoms with Gasteiger partial charge in [-0.05, 0) is 119 Å². The summed E-state index contributed by atoms with van der Waals surface area (Å²) >= 11 is 0. The van der Waals surface area contributed by atoms with Crippen molar-refractivity contribution in [3.8, 4) is 0 Å². The number of hydrogen-bond acceptors (Lipinski definition) is 14. The number of primary amides is 1. The molecule has 0 saturated carbocycles. The van der Waals surface area contributed by atoms with Gasteiger partial charge in [0.05, 0.1) is 58.3 Å². The maximum absolute atomic E-state index is 14.3. The molecule has 4 fully saturated rings. The molecule has 73 heavy (non-hydrogen) atoms. The predicted molar refractivity (Wildman–Crippen MR) is 274 cm³/mol. The van der Waals surface area contributed by atoms with E-state index >= 15 is 0 Å². The summed E-state index contributed by atoms with van der Waals surface area (Å²) in [5, 5.41) is 17.5. The van der Waals surface area contributed by atoms with E-state index in [0.29, 0.717) is 41.9 Å². The number of hydrogen-bond donors (Lipinski definition) is 4. The zero-order valence-electron chi connectivity index (χ0n) is 42.4. The number of carbonyl (C=O) groups is 6. The Hall–Kier alpha value is -6.86. The van der Waals surface area contributed by atoms with Crippen LogP contribution in [0.2, 0.25) is 0 Å². The Morgan fingerprint density at radius 1 is 0.795 bits per heavy atom. The molecule has 0 bridgehead atoms. The summed E-state index contributed by atoms with van der Waals surface area (Å²) in [5.41, 5.74) is 11.7. The van der Waals surface area contributed by atoms with Crippen LogP contribution in [0.3, 0.4) is 0 Å². The van der Waals surface area contributed by atoms with Crippen LogP contribution in [0.25, 0.3) is 0 Å². The number of nitrogens with one attached hydrogen (secondary N) is 2. The minimum Gasteiger partial charge on any atom is -0.388 e. The number of rotatable bonds is 10. The van der Waals surface area contributed by atoms with Crippen molar-refractivity contribution in [3.63, 3.8) is 0 Å². The Balaban J connectivity index is 0.722. The van der Waals surface area contributed by atoms with Crippen molar-refractivity contribution in [1.29, 1.82) is 0 Å². The Morgan fingerprint density at radius 2 is 1.53 bits per heavy atom. The summed E-state index contributed by atoms with van der Waals surface area (Å²) < 4.78 is 2.22. The van der Waals surface area contributed by atoms with E-state index in [1.807, 2.05) is 35.4 Å². The zero-order valence-corrected chi connectivity index (χ0v) is 42.4. The molecule has 11 rings (SSSR count). The van der Waals surface area contributed by atoms with Gasteiger partial charge in [-0.1, -0.05) is 13.8 Å². The standard InChI is InChI=1S/C54H66N12O7/c1-31-30-61(33-14-17-60(18-15-33)34-8-10-37-38(24-34)51(71)66(50(37)70)41-11-13-45(67)59-49(41)69)19-20-62(31)35-9-12-44(56-28-35)58-39-25-36(29-57-46(39)48(55)68)63-16-6-7-40(47(63)54(4,5)73)65-22-21-64-42(52(65)72)23-32-26-53(2,3)27-43(32)64/h8-10,12,23-25,28-29,31,33,40-41,47,73H,6-7,11,13-22,26-27,30H2,1-5H3,(H2,55,68)(H,56,58)(H,59,67,69)/t31-,40-,41?,47-/m0/s1. The van der Waals surface area contributed by atoms with E-state index in [0.717, 1.165) is 99.8 Å². The molecular formula is C54H66N12O7. The summed E-state index contributed by atoms with van der Waals surface area (Å²) in [7, 11) is 0. The van der Waals surface area contributed by atoms with Crippen molar-refractivity contribution in [2.45, 2.75) is 128 Å². The fourth-order valence-corrected chi connectivity index (χ4v) is 13.2. The van der Waals surface area contributed by atoms with Gasteiger partial charge < -0.3 is 40.3 Å². The Morgan fingerprint density at radius 3 is 2.25 bits per heavy atom. The van der Waals surface area contributed by atoms with Crippen molar-refractivity contribution in [2.75, 3.05) is 65.8 Å². The monoisotopic (exact) mass is 995 g/mol. The van der Waals surface area contributed by atoms with Crippen LogP contribution in [0.5, 0.6) is 0 Å². The molecule has 4 aromatic rings. The number of anilines is 5. The summed E-state index contributed by atoms with van der Waals surface area (Å²) in [6, 6.07) is 12.1. The molecule has 0 radical (unpaired) electrons. The third-order valence-corrected chi connectivity index (χ3v) is 16.6.